The minimum Gasteiger partial charge on any atom is -0.454 e. The predicted octanol–water partition coefficient (Wildman–Crippen LogP) is 3.17. The average molecular weight is 315 g/mol. The Morgan fingerprint density at radius 2 is 2.17 bits per heavy atom. The molecule has 3 rings (SSSR count). The van der Waals surface area contributed by atoms with Crippen molar-refractivity contribution in [2.24, 2.45) is 0 Å². The van der Waals surface area contributed by atoms with Gasteiger partial charge >= 0.3 is 0 Å². The molecule has 1 unspecified atom stereocenters. The summed E-state index contributed by atoms with van der Waals surface area (Å²) in [5.74, 6) is 2.31. The van der Waals surface area contributed by atoms with E-state index in [9.17, 15) is 4.79 Å². The van der Waals surface area contributed by atoms with Gasteiger partial charge in [-0.1, -0.05) is 20.3 Å². The van der Waals surface area contributed by atoms with E-state index in [-0.39, 0.29) is 18.7 Å². The zero-order valence-corrected chi connectivity index (χ0v) is 13.4. The summed E-state index contributed by atoms with van der Waals surface area (Å²) in [7, 11) is 0. The van der Waals surface area contributed by atoms with E-state index < -0.39 is 0 Å². The Morgan fingerprint density at radius 1 is 1.35 bits per heavy atom. The fourth-order valence-electron chi connectivity index (χ4n) is 2.59. The highest BCUT2D eigenvalue weighted by molar-refractivity contribution is 5.76. The fourth-order valence-corrected chi connectivity index (χ4v) is 2.59. The molecule has 1 aliphatic rings. The number of fused-ring (bicyclic) bond motifs is 1. The van der Waals surface area contributed by atoms with E-state index in [1.807, 2.05) is 25.1 Å². The topological polar surface area (TPSA) is 76.2 Å². The van der Waals surface area contributed by atoms with Gasteiger partial charge in [0.1, 0.15) is 5.82 Å². The number of rotatable bonds is 6. The summed E-state index contributed by atoms with van der Waals surface area (Å²) in [5.41, 5.74) is 1.87. The standard InChI is InChI=1S/C17H21N3O3/c1-3-5-12(19-16(21)4-2)17-18-9-13(20-17)11-6-7-14-15(8-11)23-10-22-14/h6-9,12H,3-5,10H2,1-2H3,(H,18,20)(H,19,21). The Morgan fingerprint density at radius 3 is 2.96 bits per heavy atom. The van der Waals surface area contributed by atoms with Crippen LogP contribution in [0.5, 0.6) is 11.5 Å². The van der Waals surface area contributed by atoms with E-state index in [1.165, 1.54) is 0 Å². The molecule has 0 aliphatic carbocycles. The molecule has 1 aromatic carbocycles. The maximum Gasteiger partial charge on any atom is 0.231 e. The lowest BCUT2D eigenvalue weighted by molar-refractivity contribution is -0.121. The first kappa shape index (κ1) is 15.4. The van der Waals surface area contributed by atoms with Crippen LogP contribution in [0.4, 0.5) is 0 Å². The molecule has 0 saturated carbocycles. The van der Waals surface area contributed by atoms with Crippen molar-refractivity contribution in [3.05, 3.63) is 30.2 Å². The third-order valence-corrected chi connectivity index (χ3v) is 3.84. The minimum absolute atomic E-state index is 0.0319. The van der Waals surface area contributed by atoms with Crippen molar-refractivity contribution in [1.82, 2.24) is 15.3 Å². The van der Waals surface area contributed by atoms with Gasteiger partial charge in [-0.3, -0.25) is 4.79 Å². The number of aromatic nitrogens is 2. The van der Waals surface area contributed by atoms with Crippen LogP contribution in [-0.4, -0.2) is 22.7 Å². The van der Waals surface area contributed by atoms with Crippen molar-refractivity contribution < 1.29 is 14.3 Å². The normalized spacial score (nSPS) is 13.8. The summed E-state index contributed by atoms with van der Waals surface area (Å²) < 4.78 is 10.7. The maximum atomic E-state index is 11.7. The maximum absolute atomic E-state index is 11.7. The van der Waals surface area contributed by atoms with E-state index in [2.05, 4.69) is 22.2 Å². The molecule has 2 heterocycles. The van der Waals surface area contributed by atoms with Gasteiger partial charge in [0.25, 0.3) is 0 Å². The Kier molecular flexibility index (Phi) is 4.50. The molecule has 6 nitrogen and oxygen atoms in total. The number of ether oxygens (including phenoxy) is 2. The second-order valence-corrected chi connectivity index (χ2v) is 5.51. The first-order valence-electron chi connectivity index (χ1n) is 7.95. The van der Waals surface area contributed by atoms with Crippen molar-refractivity contribution in [1.29, 1.82) is 0 Å². The first-order valence-corrected chi connectivity index (χ1v) is 7.95. The molecule has 122 valence electrons. The van der Waals surface area contributed by atoms with Crippen molar-refractivity contribution in [2.45, 2.75) is 39.2 Å². The minimum atomic E-state index is -0.0878. The number of amides is 1. The van der Waals surface area contributed by atoms with Crippen LogP contribution in [0.15, 0.2) is 24.4 Å². The predicted molar refractivity (Wildman–Crippen MR) is 86.2 cm³/mol. The van der Waals surface area contributed by atoms with Gasteiger partial charge in [0, 0.05) is 12.0 Å². The largest absolute Gasteiger partial charge is 0.454 e. The Labute approximate surface area is 135 Å². The molecule has 2 aromatic rings. The van der Waals surface area contributed by atoms with E-state index >= 15 is 0 Å². The molecule has 1 aliphatic heterocycles. The number of aromatic amines is 1. The fraction of sp³-hybridized carbons (Fsp3) is 0.412. The van der Waals surface area contributed by atoms with E-state index in [1.54, 1.807) is 6.20 Å². The Bertz CT molecular complexity index is 696. The van der Waals surface area contributed by atoms with Crippen LogP contribution in [0.3, 0.4) is 0 Å². The number of H-pyrrole nitrogens is 1. The SMILES string of the molecule is CCCC(NC(=O)CC)c1ncc(-c2ccc3c(c2)OCO3)[nH]1. The van der Waals surface area contributed by atoms with Crippen LogP contribution in [0.2, 0.25) is 0 Å². The summed E-state index contributed by atoms with van der Waals surface area (Å²) in [6.07, 6.45) is 4.07. The van der Waals surface area contributed by atoms with E-state index in [0.29, 0.717) is 6.42 Å². The highest BCUT2D eigenvalue weighted by atomic mass is 16.7. The van der Waals surface area contributed by atoms with Crippen molar-refractivity contribution in [2.75, 3.05) is 6.79 Å². The molecule has 0 bridgehead atoms. The lowest BCUT2D eigenvalue weighted by Gasteiger charge is -2.15. The zero-order chi connectivity index (χ0) is 16.2. The molecule has 0 spiro atoms. The molecular weight excluding hydrogens is 294 g/mol. The highest BCUT2D eigenvalue weighted by Crippen LogP contribution is 2.35. The Balaban J connectivity index is 1.82. The van der Waals surface area contributed by atoms with Crippen LogP contribution < -0.4 is 14.8 Å². The molecule has 2 N–H and O–H groups in total. The summed E-state index contributed by atoms with van der Waals surface area (Å²) >= 11 is 0. The van der Waals surface area contributed by atoms with Crippen LogP contribution in [-0.2, 0) is 4.79 Å². The number of hydrogen-bond acceptors (Lipinski definition) is 4. The van der Waals surface area contributed by atoms with Crippen LogP contribution in [0, 0.1) is 0 Å². The van der Waals surface area contributed by atoms with Gasteiger partial charge in [-0.15, -0.1) is 0 Å². The second-order valence-electron chi connectivity index (χ2n) is 5.51. The second kappa shape index (κ2) is 6.73. The van der Waals surface area contributed by atoms with Gasteiger partial charge in [-0.05, 0) is 24.6 Å². The lowest BCUT2D eigenvalue weighted by Crippen LogP contribution is -2.28. The summed E-state index contributed by atoms with van der Waals surface area (Å²) in [5, 5.41) is 3.01. The molecule has 0 fully saturated rings. The van der Waals surface area contributed by atoms with Gasteiger partial charge in [0.2, 0.25) is 12.7 Å². The van der Waals surface area contributed by atoms with Gasteiger partial charge in [0.05, 0.1) is 17.9 Å². The number of hydrogen-bond donors (Lipinski definition) is 2. The number of nitrogens with zero attached hydrogens (tertiary/aromatic N) is 1. The zero-order valence-electron chi connectivity index (χ0n) is 13.4. The third-order valence-electron chi connectivity index (χ3n) is 3.84. The molecule has 1 aromatic heterocycles. The molecule has 23 heavy (non-hydrogen) atoms. The number of carbonyl (C=O) groups excluding carboxylic acids is 1. The third kappa shape index (κ3) is 3.31. The van der Waals surface area contributed by atoms with Crippen molar-refractivity contribution in [3.63, 3.8) is 0 Å². The summed E-state index contributed by atoms with van der Waals surface area (Å²) in [6.45, 7) is 4.19. The highest BCUT2D eigenvalue weighted by Gasteiger charge is 2.18. The molecule has 0 saturated heterocycles. The summed E-state index contributed by atoms with van der Waals surface area (Å²) in [4.78, 5) is 19.5. The first-order chi connectivity index (χ1) is 11.2. The molecular formula is C17H21N3O3. The van der Waals surface area contributed by atoms with E-state index in [4.69, 9.17) is 9.47 Å². The smallest absolute Gasteiger partial charge is 0.231 e. The monoisotopic (exact) mass is 315 g/mol. The Hall–Kier alpha value is -2.50. The van der Waals surface area contributed by atoms with Crippen molar-refractivity contribution in [3.8, 4) is 22.8 Å². The van der Waals surface area contributed by atoms with Gasteiger partial charge in [0.15, 0.2) is 11.5 Å². The van der Waals surface area contributed by atoms with Crippen LogP contribution in [0.1, 0.15) is 45.0 Å². The van der Waals surface area contributed by atoms with Gasteiger partial charge in [-0.25, -0.2) is 4.98 Å². The molecule has 1 atom stereocenters. The quantitative estimate of drug-likeness (QED) is 0.858. The van der Waals surface area contributed by atoms with Crippen LogP contribution >= 0.6 is 0 Å². The lowest BCUT2D eigenvalue weighted by atomic mass is 10.1. The molecule has 0 radical (unpaired) electrons. The van der Waals surface area contributed by atoms with Gasteiger partial charge in [-0.2, -0.15) is 0 Å². The number of nitrogens with one attached hydrogen (secondary N) is 2. The molecule has 6 heteroatoms. The van der Waals surface area contributed by atoms with Crippen LogP contribution in [0.25, 0.3) is 11.3 Å². The van der Waals surface area contributed by atoms with Crippen molar-refractivity contribution >= 4 is 5.91 Å². The number of benzene rings is 1. The number of imidazole rings is 1. The average Bonchev–Trinajstić information content (AvgIpc) is 3.22. The van der Waals surface area contributed by atoms with Gasteiger partial charge < -0.3 is 19.8 Å². The molecule has 1 amide bonds. The number of carbonyl (C=O) groups is 1. The summed E-state index contributed by atoms with van der Waals surface area (Å²) in [6, 6.07) is 5.69. The van der Waals surface area contributed by atoms with E-state index in [0.717, 1.165) is 41.4 Å².